The van der Waals surface area contributed by atoms with E-state index in [4.69, 9.17) is 9.84 Å². The van der Waals surface area contributed by atoms with Crippen molar-refractivity contribution in [3.05, 3.63) is 42.5 Å². The fourth-order valence-electron chi connectivity index (χ4n) is 2.81. The van der Waals surface area contributed by atoms with Crippen molar-refractivity contribution in [3.63, 3.8) is 0 Å². The summed E-state index contributed by atoms with van der Waals surface area (Å²) in [6.07, 6.45) is -0.174. The first-order valence-corrected chi connectivity index (χ1v) is 9.19. The van der Waals surface area contributed by atoms with Gasteiger partial charge in [-0.25, -0.2) is 0 Å². The summed E-state index contributed by atoms with van der Waals surface area (Å²) in [7, 11) is 0. The molecule has 0 unspecified atom stereocenters. The van der Waals surface area contributed by atoms with Crippen LogP contribution in [0.15, 0.2) is 42.5 Å². The summed E-state index contributed by atoms with van der Waals surface area (Å²) < 4.78 is 5.62. The maximum absolute atomic E-state index is 12.4. The molecule has 0 radical (unpaired) electrons. The summed E-state index contributed by atoms with van der Waals surface area (Å²) in [5.74, 6) is -2.08. The number of fused-ring (bicyclic) bond motifs is 1. The zero-order valence-electron chi connectivity index (χ0n) is 16.3. The van der Waals surface area contributed by atoms with Crippen molar-refractivity contribution in [2.45, 2.75) is 32.4 Å². The second kappa shape index (κ2) is 10.2. The Morgan fingerprint density at radius 3 is 2.41 bits per heavy atom. The second-order valence-electron chi connectivity index (χ2n) is 6.90. The summed E-state index contributed by atoms with van der Waals surface area (Å²) >= 11 is 0. The number of benzene rings is 2. The Labute approximate surface area is 168 Å². The molecule has 2 aromatic carbocycles. The van der Waals surface area contributed by atoms with Gasteiger partial charge in [0, 0.05) is 5.39 Å². The van der Waals surface area contributed by atoms with Gasteiger partial charge in [0.15, 0.2) is 6.61 Å². The minimum absolute atomic E-state index is 0.284. The highest BCUT2D eigenvalue weighted by Gasteiger charge is 2.27. The van der Waals surface area contributed by atoms with Gasteiger partial charge in [0.1, 0.15) is 18.1 Å². The quantitative estimate of drug-likeness (QED) is 0.520. The number of ether oxygens (including phenoxy) is 1. The number of hydrogen-bond donors (Lipinski definition) is 3. The molecule has 0 saturated carbocycles. The zero-order valence-corrected chi connectivity index (χ0v) is 16.3. The van der Waals surface area contributed by atoms with Crippen molar-refractivity contribution in [3.8, 4) is 5.75 Å². The lowest BCUT2D eigenvalue weighted by molar-refractivity contribution is -0.139. The average molecular weight is 400 g/mol. The average Bonchev–Trinajstić information content (AvgIpc) is 2.69. The number of hydrogen-bond acceptors (Lipinski definition) is 5. The van der Waals surface area contributed by atoms with E-state index in [1.54, 1.807) is 19.9 Å². The van der Waals surface area contributed by atoms with Gasteiger partial charge >= 0.3 is 5.97 Å². The fourth-order valence-corrected chi connectivity index (χ4v) is 2.81. The van der Waals surface area contributed by atoms with Gasteiger partial charge in [0.2, 0.25) is 5.91 Å². The van der Waals surface area contributed by atoms with Crippen LogP contribution in [0.2, 0.25) is 0 Å². The minimum Gasteiger partial charge on any atom is -0.483 e. The van der Waals surface area contributed by atoms with E-state index < -0.39 is 36.3 Å². The molecule has 8 heteroatoms. The van der Waals surface area contributed by atoms with E-state index >= 15 is 0 Å². The third kappa shape index (κ3) is 6.31. The van der Waals surface area contributed by atoms with Crippen LogP contribution in [0.5, 0.6) is 5.75 Å². The molecule has 8 nitrogen and oxygen atoms in total. The molecular weight excluding hydrogens is 376 g/mol. The highest BCUT2D eigenvalue weighted by molar-refractivity contribution is 5.91. The van der Waals surface area contributed by atoms with E-state index in [9.17, 15) is 19.2 Å². The highest BCUT2D eigenvalue weighted by atomic mass is 16.5. The maximum atomic E-state index is 12.4. The van der Waals surface area contributed by atoms with E-state index in [0.29, 0.717) is 12.0 Å². The van der Waals surface area contributed by atoms with Crippen LogP contribution < -0.4 is 15.4 Å². The summed E-state index contributed by atoms with van der Waals surface area (Å²) in [5.41, 5.74) is 0. The Morgan fingerprint density at radius 1 is 1.07 bits per heavy atom. The van der Waals surface area contributed by atoms with Crippen molar-refractivity contribution in [1.29, 1.82) is 0 Å². The smallest absolute Gasteiger partial charge is 0.305 e. The van der Waals surface area contributed by atoms with Crippen LogP contribution in [0, 0.1) is 5.92 Å². The lowest BCUT2D eigenvalue weighted by Gasteiger charge is -2.23. The van der Waals surface area contributed by atoms with Crippen LogP contribution in [0.3, 0.4) is 0 Å². The molecule has 0 aliphatic carbocycles. The maximum Gasteiger partial charge on any atom is 0.305 e. The van der Waals surface area contributed by atoms with Crippen molar-refractivity contribution in [1.82, 2.24) is 10.6 Å². The largest absolute Gasteiger partial charge is 0.483 e. The number of aldehydes is 1. The first kappa shape index (κ1) is 21.9. The van der Waals surface area contributed by atoms with Gasteiger partial charge in [-0.2, -0.15) is 0 Å². The molecule has 2 aromatic rings. The molecule has 0 aromatic heterocycles. The molecule has 0 aliphatic rings. The standard InChI is InChI=1S/C21H24N2O6/c1-13(2)20(21(28)22-15(11-24)10-19(26)27)23-18(25)12-29-17-9-5-7-14-6-3-4-8-16(14)17/h3-9,11,13,15,20H,10,12H2,1-2H3,(H,22,28)(H,23,25)(H,26,27)/t15-,20-/m0/s1. The van der Waals surface area contributed by atoms with E-state index in [-0.39, 0.29) is 12.5 Å². The second-order valence-corrected chi connectivity index (χ2v) is 6.90. The van der Waals surface area contributed by atoms with Crippen LogP contribution >= 0.6 is 0 Å². The lowest BCUT2D eigenvalue weighted by atomic mass is 10.0. The summed E-state index contributed by atoms with van der Waals surface area (Å²) in [6, 6.07) is 11.0. The van der Waals surface area contributed by atoms with Gasteiger partial charge in [0.25, 0.3) is 5.91 Å². The number of carboxylic acids is 1. The predicted molar refractivity (Wildman–Crippen MR) is 106 cm³/mol. The zero-order chi connectivity index (χ0) is 21.4. The number of rotatable bonds is 10. The molecule has 2 rings (SSSR count). The molecule has 0 saturated heterocycles. The Kier molecular flexibility index (Phi) is 7.70. The van der Waals surface area contributed by atoms with Crippen LogP contribution in [-0.4, -0.2) is 47.9 Å². The van der Waals surface area contributed by atoms with E-state index in [1.807, 2.05) is 36.4 Å². The first-order chi connectivity index (χ1) is 13.8. The Hall–Kier alpha value is -3.42. The topological polar surface area (TPSA) is 122 Å². The molecule has 2 amide bonds. The van der Waals surface area contributed by atoms with Crippen molar-refractivity contribution >= 4 is 34.8 Å². The molecule has 3 N–H and O–H groups in total. The van der Waals surface area contributed by atoms with Crippen LogP contribution in [-0.2, 0) is 19.2 Å². The van der Waals surface area contributed by atoms with Gasteiger partial charge in [-0.3, -0.25) is 14.4 Å². The SMILES string of the molecule is CC(C)[C@H](NC(=O)COc1cccc2ccccc12)C(=O)N[C@H](C=O)CC(=O)O. The number of carbonyl (C=O) groups is 4. The number of aliphatic carboxylic acids is 1. The first-order valence-electron chi connectivity index (χ1n) is 9.19. The third-order valence-corrected chi connectivity index (χ3v) is 4.26. The fraction of sp³-hybridized carbons (Fsp3) is 0.333. The van der Waals surface area contributed by atoms with Crippen LogP contribution in [0.4, 0.5) is 0 Å². The van der Waals surface area contributed by atoms with Crippen molar-refractivity contribution in [2.24, 2.45) is 5.92 Å². The Bertz CT molecular complexity index is 890. The molecule has 154 valence electrons. The predicted octanol–water partition coefficient (Wildman–Crippen LogP) is 1.52. The minimum atomic E-state index is -1.21. The normalized spacial score (nSPS) is 12.8. The van der Waals surface area contributed by atoms with Crippen LogP contribution in [0.1, 0.15) is 20.3 Å². The Balaban J connectivity index is 1.99. The van der Waals surface area contributed by atoms with Gasteiger partial charge in [-0.15, -0.1) is 0 Å². The van der Waals surface area contributed by atoms with E-state index in [0.717, 1.165) is 10.8 Å². The van der Waals surface area contributed by atoms with Gasteiger partial charge < -0.3 is 25.3 Å². The lowest BCUT2D eigenvalue weighted by Crippen LogP contribution is -2.53. The molecule has 29 heavy (non-hydrogen) atoms. The Morgan fingerprint density at radius 2 is 1.76 bits per heavy atom. The van der Waals surface area contributed by atoms with Gasteiger partial charge in [-0.1, -0.05) is 50.2 Å². The van der Waals surface area contributed by atoms with Crippen LogP contribution in [0.25, 0.3) is 10.8 Å². The number of amides is 2. The monoisotopic (exact) mass is 400 g/mol. The van der Waals surface area contributed by atoms with E-state index in [1.165, 1.54) is 0 Å². The number of carbonyl (C=O) groups excluding carboxylic acids is 3. The molecular formula is C21H24N2O6. The molecule has 0 bridgehead atoms. The summed E-state index contributed by atoms with van der Waals surface area (Å²) in [5, 5.41) is 15.5. The third-order valence-electron chi connectivity index (χ3n) is 4.26. The van der Waals surface area contributed by atoms with Crippen molar-refractivity contribution < 1.29 is 29.0 Å². The number of nitrogens with one attached hydrogen (secondary N) is 2. The molecule has 0 aliphatic heterocycles. The van der Waals surface area contributed by atoms with Crippen molar-refractivity contribution in [2.75, 3.05) is 6.61 Å². The van der Waals surface area contributed by atoms with E-state index in [2.05, 4.69) is 10.6 Å². The summed E-state index contributed by atoms with van der Waals surface area (Å²) in [4.78, 5) is 46.4. The van der Waals surface area contributed by atoms with Gasteiger partial charge in [-0.05, 0) is 17.4 Å². The highest BCUT2D eigenvalue weighted by Crippen LogP contribution is 2.24. The van der Waals surface area contributed by atoms with Gasteiger partial charge in [0.05, 0.1) is 12.5 Å². The molecule has 0 spiro atoms. The summed E-state index contributed by atoms with van der Waals surface area (Å²) in [6.45, 7) is 3.16. The molecule has 2 atom stereocenters. The molecule has 0 fully saturated rings. The molecule has 0 heterocycles. The number of carboxylic acid groups (broad SMARTS) is 1.